The average Bonchev–Trinajstić information content (AvgIpc) is 2.84. The van der Waals surface area contributed by atoms with Crippen LogP contribution in [0.1, 0.15) is 25.7 Å². The molecule has 1 saturated carbocycles. The van der Waals surface area contributed by atoms with Crippen molar-refractivity contribution in [2.75, 3.05) is 5.32 Å². The molecule has 1 aromatic carbocycles. The second kappa shape index (κ2) is 6.20. The second-order valence-corrected chi connectivity index (χ2v) is 5.44. The molecule has 1 aliphatic carbocycles. The third kappa shape index (κ3) is 3.85. The van der Waals surface area contributed by atoms with E-state index in [9.17, 15) is 0 Å². The van der Waals surface area contributed by atoms with Gasteiger partial charge in [-0.15, -0.1) is 0 Å². The molecule has 1 aliphatic rings. The molecule has 0 bridgehead atoms. The molecule has 0 saturated heterocycles. The smallest absolute Gasteiger partial charge is 0.210 e. The maximum Gasteiger partial charge on any atom is 0.210 e. The maximum atomic E-state index is 5.48. The number of hydrogen-bond donors (Lipinski definition) is 3. The Hall–Kier alpha value is -0.820. The first-order chi connectivity index (χ1) is 8.28. The number of guanidine groups is 1. The van der Waals surface area contributed by atoms with Crippen LogP contribution in [0, 0.1) is 3.57 Å². The van der Waals surface area contributed by atoms with Gasteiger partial charge in [-0.3, -0.25) is 5.43 Å². The van der Waals surface area contributed by atoms with Crippen molar-refractivity contribution in [2.45, 2.75) is 31.7 Å². The van der Waals surface area contributed by atoms with E-state index < -0.39 is 0 Å². The highest BCUT2D eigenvalue weighted by molar-refractivity contribution is 14.1. The molecular weight excluding hydrogens is 327 g/mol. The molecular formula is C12H17IN4. The summed E-state index contributed by atoms with van der Waals surface area (Å²) in [5.74, 6) is 6.13. The van der Waals surface area contributed by atoms with Crippen molar-refractivity contribution < 1.29 is 0 Å². The number of hydrogen-bond acceptors (Lipinski definition) is 2. The number of nitrogens with two attached hydrogens (primary N) is 1. The van der Waals surface area contributed by atoms with Crippen LogP contribution >= 0.6 is 22.6 Å². The Morgan fingerprint density at radius 3 is 2.47 bits per heavy atom. The fourth-order valence-corrected chi connectivity index (χ4v) is 2.35. The van der Waals surface area contributed by atoms with E-state index in [0.29, 0.717) is 12.0 Å². The van der Waals surface area contributed by atoms with Crippen molar-refractivity contribution in [3.05, 3.63) is 27.8 Å². The summed E-state index contributed by atoms with van der Waals surface area (Å²) in [6.07, 6.45) is 4.88. The van der Waals surface area contributed by atoms with Crippen molar-refractivity contribution in [3.8, 4) is 0 Å². The molecule has 0 aromatic heterocycles. The van der Waals surface area contributed by atoms with Gasteiger partial charge in [0.15, 0.2) is 0 Å². The van der Waals surface area contributed by atoms with Crippen LogP contribution in [0.2, 0.25) is 0 Å². The van der Waals surface area contributed by atoms with Crippen molar-refractivity contribution in [1.82, 2.24) is 5.43 Å². The zero-order valence-electron chi connectivity index (χ0n) is 9.62. The molecule has 1 fully saturated rings. The Labute approximate surface area is 115 Å². The lowest BCUT2D eigenvalue weighted by atomic mass is 10.3. The standard InChI is InChI=1S/C12H17IN4/c13-9-5-7-11(8-6-9)16-12(17-14)15-10-3-1-2-4-10/h5-8,10H,1-4,14H2,(H2,15,16,17). The molecule has 4 N–H and O–H groups in total. The number of aliphatic imine (C=N–C) groups is 1. The maximum absolute atomic E-state index is 5.48. The summed E-state index contributed by atoms with van der Waals surface area (Å²) in [5.41, 5.74) is 3.63. The molecule has 0 unspecified atom stereocenters. The highest BCUT2D eigenvalue weighted by atomic mass is 127. The van der Waals surface area contributed by atoms with Gasteiger partial charge in [-0.2, -0.15) is 0 Å². The van der Waals surface area contributed by atoms with Crippen LogP contribution in [-0.2, 0) is 0 Å². The molecule has 0 radical (unpaired) electrons. The second-order valence-electron chi connectivity index (χ2n) is 4.19. The Morgan fingerprint density at radius 2 is 1.88 bits per heavy atom. The van der Waals surface area contributed by atoms with Crippen LogP contribution in [0.5, 0.6) is 0 Å². The van der Waals surface area contributed by atoms with Gasteiger partial charge in [0.2, 0.25) is 5.96 Å². The Balaban J connectivity index is 2.01. The number of halogens is 1. The molecule has 0 aliphatic heterocycles. The van der Waals surface area contributed by atoms with Crippen LogP contribution < -0.4 is 16.6 Å². The van der Waals surface area contributed by atoms with E-state index >= 15 is 0 Å². The van der Waals surface area contributed by atoms with E-state index in [4.69, 9.17) is 5.84 Å². The van der Waals surface area contributed by atoms with Gasteiger partial charge in [-0.05, 0) is 59.7 Å². The third-order valence-electron chi connectivity index (χ3n) is 2.88. The summed E-state index contributed by atoms with van der Waals surface area (Å²) in [6, 6.07) is 8.54. The fraction of sp³-hybridized carbons (Fsp3) is 0.417. The molecule has 4 nitrogen and oxygen atoms in total. The zero-order chi connectivity index (χ0) is 12.1. The van der Waals surface area contributed by atoms with Gasteiger partial charge in [0.25, 0.3) is 0 Å². The molecule has 0 atom stereocenters. The monoisotopic (exact) mass is 344 g/mol. The van der Waals surface area contributed by atoms with Gasteiger partial charge < -0.3 is 5.32 Å². The molecule has 92 valence electrons. The Bertz CT molecular complexity index is 382. The van der Waals surface area contributed by atoms with Crippen LogP contribution in [0.4, 0.5) is 5.69 Å². The highest BCUT2D eigenvalue weighted by Gasteiger charge is 2.14. The van der Waals surface area contributed by atoms with E-state index in [0.717, 1.165) is 5.69 Å². The molecule has 0 amide bonds. The molecule has 17 heavy (non-hydrogen) atoms. The van der Waals surface area contributed by atoms with E-state index in [-0.39, 0.29) is 0 Å². The number of nitrogens with zero attached hydrogens (tertiary/aromatic N) is 1. The quantitative estimate of drug-likeness (QED) is 0.254. The van der Waals surface area contributed by atoms with Crippen LogP contribution in [-0.4, -0.2) is 12.0 Å². The summed E-state index contributed by atoms with van der Waals surface area (Å²) in [5, 5.41) is 3.19. The molecule has 5 heteroatoms. The van der Waals surface area contributed by atoms with Crippen molar-refractivity contribution in [1.29, 1.82) is 0 Å². The van der Waals surface area contributed by atoms with Gasteiger partial charge in [0, 0.05) is 9.26 Å². The van der Waals surface area contributed by atoms with E-state index in [1.807, 2.05) is 24.3 Å². The van der Waals surface area contributed by atoms with Gasteiger partial charge >= 0.3 is 0 Å². The van der Waals surface area contributed by atoms with E-state index in [2.05, 4.69) is 38.3 Å². The number of hydrazine groups is 1. The lowest BCUT2D eigenvalue weighted by Gasteiger charge is -2.11. The van der Waals surface area contributed by atoms with Crippen molar-refractivity contribution in [3.63, 3.8) is 0 Å². The minimum atomic E-state index is 0.414. The van der Waals surface area contributed by atoms with Gasteiger partial charge in [-0.1, -0.05) is 12.8 Å². The molecule has 2 rings (SSSR count). The van der Waals surface area contributed by atoms with Crippen LogP contribution in [0.3, 0.4) is 0 Å². The summed E-state index contributed by atoms with van der Waals surface area (Å²) in [4.78, 5) is 4.58. The minimum absolute atomic E-state index is 0.414. The molecule has 0 heterocycles. The lowest BCUT2D eigenvalue weighted by Crippen LogP contribution is -2.37. The number of benzene rings is 1. The van der Waals surface area contributed by atoms with Gasteiger partial charge in [0.05, 0.1) is 6.04 Å². The number of rotatable bonds is 2. The summed E-state index contributed by atoms with van der Waals surface area (Å²) in [6.45, 7) is 0. The first kappa shape index (κ1) is 12.6. The molecule has 1 aromatic rings. The van der Waals surface area contributed by atoms with Crippen molar-refractivity contribution in [2.24, 2.45) is 10.8 Å². The minimum Gasteiger partial charge on any atom is -0.325 e. The fourth-order valence-electron chi connectivity index (χ4n) is 1.99. The van der Waals surface area contributed by atoms with Gasteiger partial charge in [0.1, 0.15) is 0 Å². The van der Waals surface area contributed by atoms with Crippen LogP contribution in [0.15, 0.2) is 29.3 Å². The van der Waals surface area contributed by atoms with Crippen molar-refractivity contribution >= 4 is 34.2 Å². The predicted molar refractivity (Wildman–Crippen MR) is 79.8 cm³/mol. The topological polar surface area (TPSA) is 62.4 Å². The summed E-state index contributed by atoms with van der Waals surface area (Å²) < 4.78 is 1.21. The Morgan fingerprint density at radius 1 is 1.24 bits per heavy atom. The first-order valence-corrected chi connectivity index (χ1v) is 6.93. The average molecular weight is 344 g/mol. The first-order valence-electron chi connectivity index (χ1n) is 5.85. The van der Waals surface area contributed by atoms with E-state index in [1.165, 1.54) is 29.3 Å². The third-order valence-corrected chi connectivity index (χ3v) is 3.60. The highest BCUT2D eigenvalue weighted by Crippen LogP contribution is 2.21. The summed E-state index contributed by atoms with van der Waals surface area (Å²) >= 11 is 2.28. The Kier molecular flexibility index (Phi) is 4.61. The molecule has 0 spiro atoms. The summed E-state index contributed by atoms with van der Waals surface area (Å²) in [7, 11) is 0. The van der Waals surface area contributed by atoms with Crippen LogP contribution in [0.25, 0.3) is 0 Å². The SMILES string of the molecule is NNC(=NC1CCCC1)Nc1ccc(I)cc1. The van der Waals surface area contributed by atoms with Gasteiger partial charge in [-0.25, -0.2) is 10.8 Å². The lowest BCUT2D eigenvalue weighted by molar-refractivity contribution is 0.700. The van der Waals surface area contributed by atoms with E-state index in [1.54, 1.807) is 0 Å². The number of nitrogens with one attached hydrogen (secondary N) is 2. The largest absolute Gasteiger partial charge is 0.325 e. The normalized spacial score (nSPS) is 17.2. The number of anilines is 1. The zero-order valence-corrected chi connectivity index (χ0v) is 11.8. The predicted octanol–water partition coefficient (Wildman–Crippen LogP) is 2.46.